The van der Waals surface area contributed by atoms with Crippen LogP contribution in [-0.4, -0.2) is 11.1 Å². The smallest absolute Gasteiger partial charge is 0.0913 e. The van der Waals surface area contributed by atoms with E-state index in [-0.39, 0.29) is 0 Å². The molecule has 1 nitrogen and oxygen atoms in total. The molecule has 0 aliphatic rings. The van der Waals surface area contributed by atoms with Crippen molar-refractivity contribution in [3.8, 4) is 0 Å². The molecule has 13 heavy (non-hydrogen) atoms. The maximum absolute atomic E-state index is 10.0. The Morgan fingerprint density at radius 1 is 1.31 bits per heavy atom. The van der Waals surface area contributed by atoms with Gasteiger partial charge in [-0.2, -0.15) is 0 Å². The zero-order valence-corrected chi connectivity index (χ0v) is 9.52. The minimum atomic E-state index is -2.23. The lowest BCUT2D eigenvalue weighted by molar-refractivity contribution is 0.627. The van der Waals surface area contributed by atoms with Crippen molar-refractivity contribution in [3.05, 3.63) is 30.3 Å². The van der Waals surface area contributed by atoms with Crippen LogP contribution in [0.4, 0.5) is 0 Å². The molecule has 0 bridgehead atoms. The van der Waals surface area contributed by atoms with E-state index in [0.717, 1.165) is 24.3 Å². The Morgan fingerprint density at radius 3 is 2.46 bits per heavy atom. The molecule has 1 atom stereocenters. The predicted molar refractivity (Wildman–Crippen MR) is 62.4 cm³/mol. The van der Waals surface area contributed by atoms with Gasteiger partial charge in [0.05, 0.1) is 6.26 Å². The monoisotopic (exact) mass is 214 g/mol. The Bertz CT molecular complexity index is 297. The summed E-state index contributed by atoms with van der Waals surface area (Å²) in [6, 6.07) is 9.66. The molecule has 1 aromatic rings. The second-order valence-corrected chi connectivity index (χ2v) is 7.29. The molecule has 0 fully saturated rings. The molecule has 0 saturated carbocycles. The molecule has 1 N–H and O–H groups in total. The van der Waals surface area contributed by atoms with Gasteiger partial charge < -0.3 is 4.89 Å². The van der Waals surface area contributed by atoms with Crippen LogP contribution < -0.4 is 5.30 Å². The number of benzene rings is 1. The van der Waals surface area contributed by atoms with Gasteiger partial charge in [-0.05, 0) is 6.42 Å². The van der Waals surface area contributed by atoms with Crippen molar-refractivity contribution in [1.82, 2.24) is 0 Å². The summed E-state index contributed by atoms with van der Waals surface area (Å²) >= 11 is 5.24. The Kier molecular flexibility index (Phi) is 4.11. The lowest BCUT2D eigenvalue weighted by Gasteiger charge is -2.14. The molecule has 0 spiro atoms. The first-order valence-corrected chi connectivity index (χ1v) is 7.48. The third kappa shape index (κ3) is 3.22. The van der Waals surface area contributed by atoms with Crippen LogP contribution in [0.25, 0.3) is 0 Å². The Labute approximate surface area is 84.9 Å². The molecule has 3 heteroatoms. The number of rotatable bonds is 4. The average molecular weight is 214 g/mol. The molecule has 0 amide bonds. The molecule has 0 aliphatic carbocycles. The Hall–Kier alpha value is -0.170. The van der Waals surface area contributed by atoms with Gasteiger partial charge in [-0.3, -0.25) is 0 Å². The molecule has 0 saturated heterocycles. The van der Waals surface area contributed by atoms with Crippen LogP contribution in [0.1, 0.15) is 19.8 Å². The van der Waals surface area contributed by atoms with Crippen LogP contribution in [-0.2, 0) is 11.8 Å². The summed E-state index contributed by atoms with van der Waals surface area (Å²) in [6.07, 6.45) is 0.644. The van der Waals surface area contributed by atoms with Crippen LogP contribution in [0.15, 0.2) is 30.3 Å². The SMILES string of the molecule is CCCCP(O)(=S)c1ccccc1. The molecule has 1 unspecified atom stereocenters. The third-order valence-electron chi connectivity index (χ3n) is 1.97. The van der Waals surface area contributed by atoms with Crippen LogP contribution in [0, 0.1) is 0 Å². The highest BCUT2D eigenvalue weighted by molar-refractivity contribution is 8.15. The topological polar surface area (TPSA) is 20.2 Å². The third-order valence-corrected chi connectivity index (χ3v) is 5.18. The molecule has 72 valence electrons. The minimum absolute atomic E-state index is 0.767. The second kappa shape index (κ2) is 4.90. The highest BCUT2D eigenvalue weighted by atomic mass is 32.4. The van der Waals surface area contributed by atoms with Crippen LogP contribution in [0.3, 0.4) is 0 Å². The second-order valence-electron chi connectivity index (χ2n) is 3.11. The summed E-state index contributed by atoms with van der Waals surface area (Å²) in [5.41, 5.74) is 0. The molecule has 0 radical (unpaired) electrons. The molecule has 0 heterocycles. The normalized spacial score (nSPS) is 15.2. The van der Waals surface area contributed by atoms with Gasteiger partial charge in [0.2, 0.25) is 0 Å². The van der Waals surface area contributed by atoms with Gasteiger partial charge in [-0.15, -0.1) is 0 Å². The average Bonchev–Trinajstić information content (AvgIpc) is 2.16. The quantitative estimate of drug-likeness (QED) is 0.777. The van der Waals surface area contributed by atoms with E-state index in [1.807, 2.05) is 30.3 Å². The van der Waals surface area contributed by atoms with E-state index in [1.165, 1.54) is 0 Å². The van der Waals surface area contributed by atoms with Gasteiger partial charge in [0, 0.05) is 11.5 Å². The van der Waals surface area contributed by atoms with E-state index in [4.69, 9.17) is 11.8 Å². The molecule has 1 rings (SSSR count). The van der Waals surface area contributed by atoms with Gasteiger partial charge in [-0.1, -0.05) is 55.5 Å². The lowest BCUT2D eigenvalue weighted by atomic mass is 10.4. The molecular formula is C10H15OPS. The van der Waals surface area contributed by atoms with Crippen molar-refractivity contribution < 1.29 is 4.89 Å². The molecule has 1 aromatic carbocycles. The minimum Gasteiger partial charge on any atom is -0.361 e. The fourth-order valence-corrected chi connectivity index (χ4v) is 3.56. The van der Waals surface area contributed by atoms with Gasteiger partial charge in [0.25, 0.3) is 0 Å². The van der Waals surface area contributed by atoms with Crippen molar-refractivity contribution in [2.75, 3.05) is 6.16 Å². The number of hydrogen-bond donors (Lipinski definition) is 1. The zero-order valence-electron chi connectivity index (χ0n) is 7.81. The standard InChI is InChI=1S/C10H15OPS/c1-2-3-9-12(11,13)10-7-5-4-6-8-10/h4-8H,2-3,9H2,1H3,(H,11,13). The van der Waals surface area contributed by atoms with Crippen molar-refractivity contribution in [3.63, 3.8) is 0 Å². The first-order chi connectivity index (χ1) is 6.17. The summed E-state index contributed by atoms with van der Waals surface area (Å²) in [6.45, 7) is 2.11. The Balaban J connectivity index is 2.76. The van der Waals surface area contributed by atoms with E-state index in [0.29, 0.717) is 0 Å². The molecule has 0 aromatic heterocycles. The number of unbranched alkanes of at least 4 members (excludes halogenated alkanes) is 1. The van der Waals surface area contributed by atoms with Crippen molar-refractivity contribution in [2.24, 2.45) is 0 Å². The first-order valence-electron chi connectivity index (χ1n) is 4.54. The van der Waals surface area contributed by atoms with Crippen molar-refractivity contribution >= 4 is 23.4 Å². The van der Waals surface area contributed by atoms with Gasteiger partial charge >= 0.3 is 0 Å². The van der Waals surface area contributed by atoms with E-state index in [2.05, 4.69) is 6.92 Å². The van der Waals surface area contributed by atoms with Gasteiger partial charge in [-0.25, -0.2) is 0 Å². The van der Waals surface area contributed by atoms with E-state index in [9.17, 15) is 4.89 Å². The summed E-state index contributed by atoms with van der Waals surface area (Å²) in [5.74, 6) is 0. The van der Waals surface area contributed by atoms with Gasteiger partial charge in [0.1, 0.15) is 0 Å². The molecule has 0 aliphatic heterocycles. The van der Waals surface area contributed by atoms with Crippen LogP contribution in [0.2, 0.25) is 0 Å². The summed E-state index contributed by atoms with van der Waals surface area (Å²) in [4.78, 5) is 10.0. The maximum Gasteiger partial charge on any atom is 0.0913 e. The van der Waals surface area contributed by atoms with Crippen molar-refractivity contribution in [2.45, 2.75) is 19.8 Å². The maximum atomic E-state index is 10.0. The first kappa shape index (κ1) is 10.9. The fourth-order valence-electron chi connectivity index (χ4n) is 1.16. The largest absolute Gasteiger partial charge is 0.361 e. The lowest BCUT2D eigenvalue weighted by Crippen LogP contribution is -2.05. The summed E-state index contributed by atoms with van der Waals surface area (Å²) < 4.78 is 0. The Morgan fingerprint density at radius 2 is 1.92 bits per heavy atom. The van der Waals surface area contributed by atoms with E-state index >= 15 is 0 Å². The highest BCUT2D eigenvalue weighted by Gasteiger charge is 2.13. The van der Waals surface area contributed by atoms with E-state index < -0.39 is 6.26 Å². The van der Waals surface area contributed by atoms with E-state index in [1.54, 1.807) is 0 Å². The number of hydrogen-bond acceptors (Lipinski definition) is 1. The zero-order chi connectivity index (χ0) is 9.73. The predicted octanol–water partition coefficient (Wildman–Crippen LogP) is 2.50. The highest BCUT2D eigenvalue weighted by Crippen LogP contribution is 2.40. The fraction of sp³-hybridized carbons (Fsp3) is 0.400. The van der Waals surface area contributed by atoms with Crippen LogP contribution in [0.5, 0.6) is 0 Å². The molecular weight excluding hydrogens is 199 g/mol. The summed E-state index contributed by atoms with van der Waals surface area (Å²) in [5, 5.41) is 0.943. The van der Waals surface area contributed by atoms with Gasteiger partial charge in [0.15, 0.2) is 0 Å². The van der Waals surface area contributed by atoms with Crippen LogP contribution >= 0.6 is 6.26 Å². The van der Waals surface area contributed by atoms with Crippen molar-refractivity contribution in [1.29, 1.82) is 0 Å². The summed E-state index contributed by atoms with van der Waals surface area (Å²) in [7, 11) is 0.